The Labute approximate surface area is 129 Å². The van der Waals surface area contributed by atoms with Crippen molar-refractivity contribution in [2.75, 3.05) is 19.7 Å². The number of benzene rings is 1. The smallest absolute Gasteiger partial charge is 0.416 e. The minimum atomic E-state index is -4.42. The van der Waals surface area contributed by atoms with E-state index in [0.717, 1.165) is 12.1 Å². The highest BCUT2D eigenvalue weighted by Gasteiger charge is 2.33. The molecule has 1 heterocycles. The molecule has 2 rings (SSSR count). The summed E-state index contributed by atoms with van der Waals surface area (Å²) in [5, 5.41) is 13.0. The van der Waals surface area contributed by atoms with Crippen molar-refractivity contribution >= 4 is 11.8 Å². The van der Waals surface area contributed by atoms with Gasteiger partial charge in [0.25, 0.3) is 0 Å². The average Bonchev–Trinajstić information content (AvgIpc) is 2.91. The number of hydrogen-bond donors (Lipinski definition) is 3. The number of aliphatic hydroxyl groups is 1. The first-order chi connectivity index (χ1) is 10.8. The molecule has 0 bridgehead atoms. The summed E-state index contributed by atoms with van der Waals surface area (Å²) < 4.78 is 43.3. The van der Waals surface area contributed by atoms with Gasteiger partial charge in [-0.15, -0.1) is 0 Å². The first-order valence-corrected chi connectivity index (χ1v) is 6.85. The van der Waals surface area contributed by atoms with Gasteiger partial charge in [-0.25, -0.2) is 0 Å². The molecule has 1 atom stereocenters. The van der Waals surface area contributed by atoms with Gasteiger partial charge in [0.15, 0.2) is 0 Å². The molecule has 1 unspecified atom stereocenters. The fourth-order valence-corrected chi connectivity index (χ4v) is 2.15. The molecule has 3 N–H and O–H groups in total. The topological polar surface area (TPSA) is 87.7 Å². The van der Waals surface area contributed by atoms with Gasteiger partial charge in [0.05, 0.1) is 18.7 Å². The van der Waals surface area contributed by atoms with E-state index in [-0.39, 0.29) is 26.1 Å². The molecule has 0 fully saturated rings. The number of halogens is 3. The van der Waals surface area contributed by atoms with Crippen LogP contribution < -0.4 is 15.4 Å². The van der Waals surface area contributed by atoms with Crippen LogP contribution in [0.1, 0.15) is 11.1 Å². The minimum Gasteiger partial charge on any atom is -0.488 e. The fourth-order valence-electron chi connectivity index (χ4n) is 2.15. The summed E-state index contributed by atoms with van der Waals surface area (Å²) in [7, 11) is 0. The second kappa shape index (κ2) is 6.86. The van der Waals surface area contributed by atoms with Crippen LogP contribution in [0.5, 0.6) is 5.75 Å². The van der Waals surface area contributed by atoms with E-state index in [2.05, 4.69) is 10.6 Å². The molecule has 0 aromatic heterocycles. The van der Waals surface area contributed by atoms with Gasteiger partial charge in [0, 0.05) is 13.0 Å². The summed E-state index contributed by atoms with van der Waals surface area (Å²) in [5.41, 5.74) is -0.350. The number of hydrogen-bond acceptors (Lipinski definition) is 4. The maximum Gasteiger partial charge on any atom is 0.416 e. The lowest BCUT2D eigenvalue weighted by molar-refractivity contribution is -0.139. The monoisotopic (exact) mass is 332 g/mol. The summed E-state index contributed by atoms with van der Waals surface area (Å²) in [6, 6.07) is 3.20. The van der Waals surface area contributed by atoms with Gasteiger partial charge in [-0.1, -0.05) is 0 Å². The SMILES string of the molecule is O=C(NCCO)C(=O)NCC1Cc2cc(C(F)(F)F)ccc2O1. The quantitative estimate of drug-likeness (QED) is 0.689. The third-order valence-electron chi connectivity index (χ3n) is 3.22. The number of rotatable bonds is 4. The van der Waals surface area contributed by atoms with Crippen molar-refractivity contribution in [1.82, 2.24) is 10.6 Å². The number of fused-ring (bicyclic) bond motifs is 1. The number of alkyl halides is 3. The standard InChI is InChI=1S/C14H15F3N2O4/c15-14(16,17)9-1-2-11-8(5-9)6-10(23-11)7-19-13(22)12(21)18-3-4-20/h1-2,5,10,20H,3-4,6-7H2,(H,18,21)(H,19,22). The van der Waals surface area contributed by atoms with Crippen LogP contribution in [0.25, 0.3) is 0 Å². The average molecular weight is 332 g/mol. The Morgan fingerprint density at radius 2 is 1.96 bits per heavy atom. The maximum absolute atomic E-state index is 12.6. The number of carbonyl (C=O) groups is 2. The van der Waals surface area contributed by atoms with Crippen LogP contribution in [0.4, 0.5) is 13.2 Å². The Morgan fingerprint density at radius 3 is 2.61 bits per heavy atom. The molecule has 1 aromatic rings. The van der Waals surface area contributed by atoms with Gasteiger partial charge in [-0.3, -0.25) is 9.59 Å². The minimum absolute atomic E-state index is 0.0125. The third kappa shape index (κ3) is 4.35. The maximum atomic E-state index is 12.6. The lowest BCUT2D eigenvalue weighted by atomic mass is 10.1. The fraction of sp³-hybridized carbons (Fsp3) is 0.429. The number of carbonyl (C=O) groups excluding carboxylic acids is 2. The highest BCUT2D eigenvalue weighted by atomic mass is 19.4. The molecule has 6 nitrogen and oxygen atoms in total. The normalized spacial score (nSPS) is 16.4. The van der Waals surface area contributed by atoms with E-state index in [4.69, 9.17) is 9.84 Å². The van der Waals surface area contributed by atoms with E-state index in [1.54, 1.807) is 0 Å². The number of ether oxygens (including phenoxy) is 1. The second-order valence-electron chi connectivity index (χ2n) is 4.95. The van der Waals surface area contributed by atoms with Crippen molar-refractivity contribution in [3.05, 3.63) is 29.3 Å². The Kier molecular flexibility index (Phi) is 5.09. The zero-order valence-electron chi connectivity index (χ0n) is 11.9. The molecular formula is C14H15F3N2O4. The Balaban J connectivity index is 1.88. The van der Waals surface area contributed by atoms with Crippen molar-refractivity contribution in [3.63, 3.8) is 0 Å². The highest BCUT2D eigenvalue weighted by Crippen LogP contribution is 2.35. The van der Waals surface area contributed by atoms with Crippen molar-refractivity contribution in [1.29, 1.82) is 0 Å². The summed E-state index contributed by atoms with van der Waals surface area (Å²) >= 11 is 0. The van der Waals surface area contributed by atoms with E-state index < -0.39 is 29.7 Å². The van der Waals surface area contributed by atoms with Gasteiger partial charge < -0.3 is 20.5 Å². The molecule has 0 saturated heterocycles. The molecule has 0 saturated carbocycles. The van der Waals surface area contributed by atoms with Crippen molar-refractivity contribution < 1.29 is 32.6 Å². The number of aliphatic hydroxyl groups excluding tert-OH is 1. The summed E-state index contributed by atoms with van der Waals surface area (Å²) in [6.07, 6.45) is -4.76. The molecule has 0 radical (unpaired) electrons. The van der Waals surface area contributed by atoms with Crippen LogP contribution >= 0.6 is 0 Å². The van der Waals surface area contributed by atoms with Gasteiger partial charge in [-0.05, 0) is 23.8 Å². The van der Waals surface area contributed by atoms with Gasteiger partial charge in [-0.2, -0.15) is 13.2 Å². The van der Waals surface area contributed by atoms with Crippen LogP contribution in [0.2, 0.25) is 0 Å². The molecule has 2 amide bonds. The summed E-state index contributed by atoms with van der Waals surface area (Å²) in [6.45, 7) is -0.346. The zero-order chi connectivity index (χ0) is 17.0. The predicted octanol–water partition coefficient (Wildman–Crippen LogP) is 0.234. The van der Waals surface area contributed by atoms with E-state index in [9.17, 15) is 22.8 Å². The van der Waals surface area contributed by atoms with E-state index in [1.807, 2.05) is 0 Å². The van der Waals surface area contributed by atoms with Crippen molar-refractivity contribution in [3.8, 4) is 5.75 Å². The third-order valence-corrected chi connectivity index (χ3v) is 3.22. The van der Waals surface area contributed by atoms with Crippen LogP contribution in [-0.4, -0.2) is 42.7 Å². The van der Waals surface area contributed by atoms with Gasteiger partial charge in [0.2, 0.25) is 0 Å². The summed E-state index contributed by atoms with van der Waals surface area (Å²) in [4.78, 5) is 22.7. The van der Waals surface area contributed by atoms with Crippen molar-refractivity contribution in [2.45, 2.75) is 18.7 Å². The molecular weight excluding hydrogens is 317 g/mol. The number of nitrogens with one attached hydrogen (secondary N) is 2. The molecule has 1 aliphatic rings. The van der Waals surface area contributed by atoms with Crippen LogP contribution in [-0.2, 0) is 22.2 Å². The largest absolute Gasteiger partial charge is 0.488 e. The van der Waals surface area contributed by atoms with E-state index >= 15 is 0 Å². The predicted molar refractivity (Wildman–Crippen MR) is 72.7 cm³/mol. The Hall–Kier alpha value is -2.29. The molecule has 0 aliphatic carbocycles. The molecule has 1 aromatic carbocycles. The van der Waals surface area contributed by atoms with Crippen LogP contribution in [0, 0.1) is 0 Å². The highest BCUT2D eigenvalue weighted by molar-refractivity contribution is 6.35. The molecule has 1 aliphatic heterocycles. The van der Waals surface area contributed by atoms with Crippen molar-refractivity contribution in [2.24, 2.45) is 0 Å². The van der Waals surface area contributed by atoms with E-state index in [0.29, 0.717) is 11.3 Å². The molecule has 126 valence electrons. The molecule has 0 spiro atoms. The Morgan fingerprint density at radius 1 is 1.26 bits per heavy atom. The van der Waals surface area contributed by atoms with E-state index in [1.165, 1.54) is 6.07 Å². The lowest BCUT2D eigenvalue weighted by Gasteiger charge is -2.11. The molecule has 9 heteroatoms. The Bertz CT molecular complexity index is 604. The number of amides is 2. The first-order valence-electron chi connectivity index (χ1n) is 6.85. The first kappa shape index (κ1) is 17.1. The zero-order valence-corrected chi connectivity index (χ0v) is 11.9. The van der Waals surface area contributed by atoms with Gasteiger partial charge >= 0.3 is 18.0 Å². The lowest BCUT2D eigenvalue weighted by Crippen LogP contribution is -2.44. The van der Waals surface area contributed by atoms with Gasteiger partial charge in [0.1, 0.15) is 11.9 Å². The second-order valence-corrected chi connectivity index (χ2v) is 4.95. The van der Waals surface area contributed by atoms with Crippen LogP contribution in [0.15, 0.2) is 18.2 Å². The molecule has 23 heavy (non-hydrogen) atoms. The van der Waals surface area contributed by atoms with Crippen LogP contribution in [0.3, 0.4) is 0 Å². The summed E-state index contributed by atoms with van der Waals surface area (Å²) in [5.74, 6) is -1.45.